The Balaban J connectivity index is 1.81. The maximum Gasteiger partial charge on any atom is 0.255 e. The monoisotopic (exact) mass is 363 g/mol. The maximum absolute atomic E-state index is 12.8. The number of hydrogen-bond donors (Lipinski definition) is 2. The Bertz CT molecular complexity index is 834. The third kappa shape index (κ3) is 3.96. The van der Waals surface area contributed by atoms with Gasteiger partial charge in [0, 0.05) is 12.0 Å². The number of nitrogens with one attached hydrogen (secondary N) is 1. The molecule has 1 aliphatic carbocycles. The molecule has 2 aromatic rings. The van der Waals surface area contributed by atoms with Crippen molar-refractivity contribution in [3.8, 4) is 11.8 Å². The van der Waals surface area contributed by atoms with E-state index in [2.05, 4.69) is 23.5 Å². The minimum atomic E-state index is -0.773. The van der Waals surface area contributed by atoms with Crippen LogP contribution >= 0.6 is 0 Å². The fraction of sp³-hybridized carbons (Fsp3) is 0.364. The first-order valence-corrected chi connectivity index (χ1v) is 9.19. The van der Waals surface area contributed by atoms with Crippen molar-refractivity contribution in [1.29, 1.82) is 5.26 Å². The largest absolute Gasteiger partial charge is 0.496 e. The van der Waals surface area contributed by atoms with E-state index in [1.807, 2.05) is 30.3 Å². The molecular formula is C22H25N3O2. The lowest BCUT2D eigenvalue weighted by molar-refractivity contribution is 0.0930. The van der Waals surface area contributed by atoms with Gasteiger partial charge in [0.1, 0.15) is 11.3 Å². The average molecular weight is 363 g/mol. The van der Waals surface area contributed by atoms with Gasteiger partial charge in [-0.05, 0) is 43.4 Å². The molecule has 0 bridgehead atoms. The van der Waals surface area contributed by atoms with Crippen molar-refractivity contribution >= 4 is 5.91 Å². The van der Waals surface area contributed by atoms with Gasteiger partial charge in [-0.3, -0.25) is 4.79 Å². The quantitative estimate of drug-likeness (QED) is 0.854. The molecule has 0 spiro atoms. The van der Waals surface area contributed by atoms with E-state index < -0.39 is 5.54 Å². The summed E-state index contributed by atoms with van der Waals surface area (Å²) < 4.78 is 5.30. The van der Waals surface area contributed by atoms with Gasteiger partial charge in [0.2, 0.25) is 0 Å². The number of nitriles is 1. The van der Waals surface area contributed by atoms with Gasteiger partial charge in [-0.25, -0.2) is 0 Å². The van der Waals surface area contributed by atoms with Crippen LogP contribution in [-0.2, 0) is 5.41 Å². The summed E-state index contributed by atoms with van der Waals surface area (Å²) in [6.45, 7) is 0.495. The van der Waals surface area contributed by atoms with E-state index in [-0.39, 0.29) is 11.3 Å². The Hall–Kier alpha value is -2.84. The van der Waals surface area contributed by atoms with Crippen LogP contribution in [0.4, 0.5) is 0 Å². The third-order valence-electron chi connectivity index (χ3n) is 5.65. The van der Waals surface area contributed by atoms with Crippen LogP contribution in [0.15, 0.2) is 54.6 Å². The standard InChI is InChI=1S/C22H25N3O2/c1-27-19-10-6-5-9-18(19)20(26)25-16-21(17-7-3-2-4-8-17)11-13-22(24,15-23)14-12-21/h2-10H,11-14,16,24H2,1H3,(H,25,26). The smallest absolute Gasteiger partial charge is 0.255 e. The van der Waals surface area contributed by atoms with Gasteiger partial charge in [-0.15, -0.1) is 0 Å². The SMILES string of the molecule is COc1ccccc1C(=O)NCC1(c2ccccc2)CCC(N)(C#N)CC1. The number of nitrogens with two attached hydrogens (primary N) is 1. The molecule has 0 atom stereocenters. The molecule has 3 rings (SSSR count). The summed E-state index contributed by atoms with van der Waals surface area (Å²) in [6.07, 6.45) is 2.74. The predicted molar refractivity (Wildman–Crippen MR) is 104 cm³/mol. The van der Waals surface area contributed by atoms with Crippen molar-refractivity contribution in [3.05, 3.63) is 65.7 Å². The zero-order chi connectivity index (χ0) is 19.3. The van der Waals surface area contributed by atoms with E-state index in [0.717, 1.165) is 12.8 Å². The van der Waals surface area contributed by atoms with Crippen LogP contribution in [0.2, 0.25) is 0 Å². The molecule has 0 aromatic heterocycles. The maximum atomic E-state index is 12.8. The Morgan fingerprint density at radius 2 is 1.74 bits per heavy atom. The number of ether oxygens (including phenoxy) is 1. The molecule has 3 N–H and O–H groups in total. The van der Waals surface area contributed by atoms with Crippen molar-refractivity contribution in [3.63, 3.8) is 0 Å². The number of hydrogen-bond acceptors (Lipinski definition) is 4. The van der Waals surface area contributed by atoms with Crippen LogP contribution in [0.25, 0.3) is 0 Å². The number of para-hydroxylation sites is 1. The zero-order valence-electron chi connectivity index (χ0n) is 15.6. The van der Waals surface area contributed by atoms with Gasteiger partial charge in [-0.2, -0.15) is 5.26 Å². The summed E-state index contributed by atoms with van der Waals surface area (Å²) in [7, 11) is 1.56. The minimum absolute atomic E-state index is 0.160. The van der Waals surface area contributed by atoms with Gasteiger partial charge in [0.15, 0.2) is 0 Å². The second-order valence-corrected chi connectivity index (χ2v) is 7.30. The van der Waals surface area contributed by atoms with Gasteiger partial charge >= 0.3 is 0 Å². The highest BCUT2D eigenvalue weighted by molar-refractivity contribution is 5.96. The molecule has 1 fully saturated rings. The predicted octanol–water partition coefficient (Wildman–Crippen LogP) is 3.16. The van der Waals surface area contributed by atoms with Crippen LogP contribution in [0, 0.1) is 11.3 Å². The Labute approximate surface area is 160 Å². The summed E-state index contributed by atoms with van der Waals surface area (Å²) in [6, 6.07) is 19.6. The van der Waals surface area contributed by atoms with Crippen LogP contribution in [0.1, 0.15) is 41.6 Å². The van der Waals surface area contributed by atoms with Crippen LogP contribution < -0.4 is 15.8 Å². The molecule has 1 amide bonds. The van der Waals surface area contributed by atoms with Gasteiger partial charge in [-0.1, -0.05) is 42.5 Å². The molecular weight excluding hydrogens is 338 g/mol. The van der Waals surface area contributed by atoms with E-state index in [1.54, 1.807) is 19.2 Å². The highest BCUT2D eigenvalue weighted by atomic mass is 16.5. The number of rotatable bonds is 5. The molecule has 5 heteroatoms. The van der Waals surface area contributed by atoms with Crippen molar-refractivity contribution in [2.24, 2.45) is 5.73 Å². The van der Waals surface area contributed by atoms with Gasteiger partial charge in [0.25, 0.3) is 5.91 Å². The fourth-order valence-electron chi connectivity index (χ4n) is 3.82. The first kappa shape index (κ1) is 18.9. The molecule has 5 nitrogen and oxygen atoms in total. The molecule has 1 aliphatic rings. The molecule has 0 radical (unpaired) electrons. The zero-order valence-corrected chi connectivity index (χ0v) is 15.6. The molecule has 0 aliphatic heterocycles. The second-order valence-electron chi connectivity index (χ2n) is 7.30. The van der Waals surface area contributed by atoms with Crippen LogP contribution in [0.3, 0.4) is 0 Å². The summed E-state index contributed by atoms with van der Waals surface area (Å²) in [5, 5.41) is 12.4. The highest BCUT2D eigenvalue weighted by Crippen LogP contribution is 2.42. The molecule has 1 saturated carbocycles. The molecule has 140 valence electrons. The first-order valence-electron chi connectivity index (χ1n) is 9.19. The summed E-state index contributed by atoms with van der Waals surface area (Å²) >= 11 is 0. The van der Waals surface area contributed by atoms with E-state index in [4.69, 9.17) is 10.5 Å². The van der Waals surface area contributed by atoms with E-state index in [1.165, 1.54) is 5.56 Å². The summed E-state index contributed by atoms with van der Waals surface area (Å²) in [4.78, 5) is 12.8. The van der Waals surface area contributed by atoms with Crippen molar-refractivity contribution < 1.29 is 9.53 Å². The lowest BCUT2D eigenvalue weighted by Crippen LogP contribution is -2.50. The van der Waals surface area contributed by atoms with Crippen molar-refractivity contribution in [1.82, 2.24) is 5.32 Å². The number of nitrogens with zero attached hydrogens (tertiary/aromatic N) is 1. The number of methoxy groups -OCH3 is 1. The number of carbonyl (C=O) groups excluding carboxylic acids is 1. The topological polar surface area (TPSA) is 88.1 Å². The normalized spacial score (nSPS) is 24.6. The molecule has 0 unspecified atom stereocenters. The molecule has 0 saturated heterocycles. The molecule has 0 heterocycles. The number of benzene rings is 2. The minimum Gasteiger partial charge on any atom is -0.496 e. The average Bonchev–Trinajstić information content (AvgIpc) is 2.74. The van der Waals surface area contributed by atoms with Crippen LogP contribution in [-0.4, -0.2) is 25.1 Å². The second kappa shape index (κ2) is 7.81. The van der Waals surface area contributed by atoms with E-state index in [0.29, 0.717) is 30.7 Å². The fourth-order valence-corrected chi connectivity index (χ4v) is 3.82. The van der Waals surface area contributed by atoms with Crippen molar-refractivity contribution in [2.45, 2.75) is 36.6 Å². The lowest BCUT2D eigenvalue weighted by Gasteiger charge is -2.42. The first-order chi connectivity index (χ1) is 13.0. The summed E-state index contributed by atoms with van der Waals surface area (Å²) in [5.41, 5.74) is 6.87. The highest BCUT2D eigenvalue weighted by Gasteiger charge is 2.42. The Morgan fingerprint density at radius 3 is 2.37 bits per heavy atom. The van der Waals surface area contributed by atoms with E-state index >= 15 is 0 Å². The Morgan fingerprint density at radius 1 is 1.11 bits per heavy atom. The lowest BCUT2D eigenvalue weighted by atomic mass is 9.64. The Kier molecular flexibility index (Phi) is 5.48. The third-order valence-corrected chi connectivity index (χ3v) is 5.65. The van der Waals surface area contributed by atoms with Gasteiger partial charge < -0.3 is 15.8 Å². The summed E-state index contributed by atoms with van der Waals surface area (Å²) in [5.74, 6) is 0.394. The van der Waals surface area contributed by atoms with Crippen molar-refractivity contribution in [2.75, 3.05) is 13.7 Å². The van der Waals surface area contributed by atoms with E-state index in [9.17, 15) is 10.1 Å². The number of amides is 1. The number of carbonyl (C=O) groups is 1. The molecule has 2 aromatic carbocycles. The molecule has 27 heavy (non-hydrogen) atoms. The van der Waals surface area contributed by atoms with Gasteiger partial charge in [0.05, 0.1) is 18.7 Å². The van der Waals surface area contributed by atoms with Crippen LogP contribution in [0.5, 0.6) is 5.75 Å².